The van der Waals surface area contributed by atoms with Gasteiger partial charge in [-0.2, -0.15) is 11.3 Å². The molecule has 28 heavy (non-hydrogen) atoms. The van der Waals surface area contributed by atoms with Crippen molar-refractivity contribution < 1.29 is 13.9 Å². The summed E-state index contributed by atoms with van der Waals surface area (Å²) in [4.78, 5) is 14.4. The molecule has 1 atom stereocenters. The highest BCUT2D eigenvalue weighted by Gasteiger charge is 2.17. The number of methoxy groups -OCH3 is 1. The van der Waals surface area contributed by atoms with E-state index in [2.05, 4.69) is 20.4 Å². The Balaban J connectivity index is 1.52. The number of thiophene rings is 1. The fourth-order valence-corrected chi connectivity index (χ4v) is 3.45. The molecule has 0 aliphatic carbocycles. The zero-order chi connectivity index (χ0) is 19.9. The van der Waals surface area contributed by atoms with Crippen LogP contribution in [0.25, 0.3) is 11.5 Å². The van der Waals surface area contributed by atoms with Crippen molar-refractivity contribution in [1.29, 1.82) is 0 Å². The quantitative estimate of drug-likeness (QED) is 0.594. The molecule has 0 unspecified atom stereocenters. The van der Waals surface area contributed by atoms with Crippen molar-refractivity contribution >= 4 is 17.2 Å². The molecule has 148 valence electrons. The number of nitrogens with one attached hydrogen (secondary N) is 1. The van der Waals surface area contributed by atoms with Crippen LogP contribution in [-0.4, -0.2) is 48.8 Å². The van der Waals surface area contributed by atoms with E-state index in [1.807, 2.05) is 55.2 Å². The molecule has 2 heterocycles. The lowest BCUT2D eigenvalue weighted by Gasteiger charge is -2.25. The number of carbonyl (C=O) groups is 1. The molecule has 2 aromatic heterocycles. The first-order valence-electron chi connectivity index (χ1n) is 8.99. The van der Waals surface area contributed by atoms with Crippen LogP contribution in [0, 0.1) is 0 Å². The van der Waals surface area contributed by atoms with Crippen molar-refractivity contribution in [3.05, 3.63) is 52.5 Å². The molecule has 0 fully saturated rings. The maximum atomic E-state index is 12.3. The second-order valence-corrected chi connectivity index (χ2v) is 7.35. The van der Waals surface area contributed by atoms with Crippen LogP contribution < -0.4 is 10.1 Å². The van der Waals surface area contributed by atoms with Gasteiger partial charge < -0.3 is 19.4 Å². The number of hydrogen-bond acceptors (Lipinski definition) is 7. The zero-order valence-corrected chi connectivity index (χ0v) is 17.0. The van der Waals surface area contributed by atoms with Crippen LogP contribution in [0.3, 0.4) is 0 Å². The second-order valence-electron chi connectivity index (χ2n) is 6.57. The van der Waals surface area contributed by atoms with Crippen LogP contribution in [0.5, 0.6) is 5.75 Å². The van der Waals surface area contributed by atoms with E-state index in [9.17, 15) is 4.79 Å². The largest absolute Gasteiger partial charge is 0.497 e. The monoisotopic (exact) mass is 400 g/mol. The van der Waals surface area contributed by atoms with Gasteiger partial charge in [0, 0.05) is 30.3 Å². The number of carbonyl (C=O) groups excluding carboxylic acids is 1. The van der Waals surface area contributed by atoms with Gasteiger partial charge >= 0.3 is 0 Å². The summed E-state index contributed by atoms with van der Waals surface area (Å²) >= 11 is 1.57. The van der Waals surface area contributed by atoms with Gasteiger partial charge in [-0.25, -0.2) is 0 Å². The average molecular weight is 401 g/mol. The van der Waals surface area contributed by atoms with Crippen molar-refractivity contribution in [2.75, 3.05) is 27.7 Å². The van der Waals surface area contributed by atoms with Gasteiger partial charge in [0.05, 0.1) is 13.2 Å². The number of nitrogens with zero attached hydrogens (tertiary/aromatic N) is 3. The summed E-state index contributed by atoms with van der Waals surface area (Å²) in [5.74, 6) is 1.70. The van der Waals surface area contributed by atoms with E-state index >= 15 is 0 Å². The Morgan fingerprint density at radius 3 is 2.89 bits per heavy atom. The van der Waals surface area contributed by atoms with Gasteiger partial charge in [-0.15, -0.1) is 10.2 Å². The predicted octanol–water partition coefficient (Wildman–Crippen LogP) is 3.16. The first-order valence-corrected chi connectivity index (χ1v) is 9.93. The van der Waals surface area contributed by atoms with E-state index in [0.29, 0.717) is 31.2 Å². The normalized spacial score (nSPS) is 12.1. The summed E-state index contributed by atoms with van der Waals surface area (Å²) in [6.07, 6.45) is 0.707. The lowest BCUT2D eigenvalue weighted by atomic mass is 10.1. The summed E-state index contributed by atoms with van der Waals surface area (Å²) < 4.78 is 10.9. The zero-order valence-electron chi connectivity index (χ0n) is 16.2. The summed E-state index contributed by atoms with van der Waals surface area (Å²) in [6.45, 7) is 0.503. The van der Waals surface area contributed by atoms with E-state index in [4.69, 9.17) is 9.15 Å². The number of likely N-dealkylation sites (N-methyl/N-ethyl adjacent to an activating group) is 1. The van der Waals surface area contributed by atoms with E-state index in [1.165, 1.54) is 0 Å². The fraction of sp³-hybridized carbons (Fsp3) is 0.350. The Hall–Kier alpha value is -2.71. The third-order valence-corrected chi connectivity index (χ3v) is 5.08. The summed E-state index contributed by atoms with van der Waals surface area (Å²) in [5, 5.41) is 14.9. The van der Waals surface area contributed by atoms with Crippen LogP contribution in [0.15, 0.2) is 45.5 Å². The highest BCUT2D eigenvalue weighted by molar-refractivity contribution is 7.08. The number of aromatic nitrogens is 2. The van der Waals surface area contributed by atoms with E-state index in [0.717, 1.165) is 16.9 Å². The fourth-order valence-electron chi connectivity index (χ4n) is 2.82. The predicted molar refractivity (Wildman–Crippen MR) is 108 cm³/mol. The molecule has 3 aromatic rings. The molecule has 0 bridgehead atoms. The molecule has 1 N–H and O–H groups in total. The SMILES string of the molecule is COc1cccc([C@H](CNC(=O)CCc2nnc(-c3ccsc3)o2)N(C)C)c1. The standard InChI is InChI=1S/C20H24N4O3S/c1-24(2)17(14-5-4-6-16(11-14)26-3)12-21-18(25)7-8-19-22-23-20(27-19)15-9-10-28-13-15/h4-6,9-11,13,17H,7-8,12H2,1-3H3,(H,21,25)/t17-/m0/s1. The van der Waals surface area contributed by atoms with Gasteiger partial charge in [0.25, 0.3) is 0 Å². The van der Waals surface area contributed by atoms with Crippen LogP contribution in [0.4, 0.5) is 0 Å². The topological polar surface area (TPSA) is 80.5 Å². The van der Waals surface area contributed by atoms with Crippen molar-refractivity contribution in [1.82, 2.24) is 20.4 Å². The van der Waals surface area contributed by atoms with Gasteiger partial charge in [-0.3, -0.25) is 4.79 Å². The van der Waals surface area contributed by atoms with Gasteiger partial charge in [-0.05, 0) is 43.2 Å². The van der Waals surface area contributed by atoms with E-state index in [-0.39, 0.29) is 11.9 Å². The molecular formula is C20H24N4O3S. The van der Waals surface area contributed by atoms with Crippen LogP contribution in [-0.2, 0) is 11.2 Å². The lowest BCUT2D eigenvalue weighted by Crippen LogP contribution is -2.34. The molecule has 0 aliphatic heterocycles. The van der Waals surface area contributed by atoms with Crippen molar-refractivity contribution in [3.8, 4) is 17.2 Å². The van der Waals surface area contributed by atoms with Gasteiger partial charge in [-0.1, -0.05) is 12.1 Å². The Bertz CT molecular complexity index is 893. The molecule has 8 heteroatoms. The molecule has 1 aromatic carbocycles. The molecule has 0 radical (unpaired) electrons. The summed E-state index contributed by atoms with van der Waals surface area (Å²) in [6, 6.07) is 9.85. The molecule has 0 spiro atoms. The molecule has 3 rings (SSSR count). The molecule has 0 saturated heterocycles. The maximum absolute atomic E-state index is 12.3. The maximum Gasteiger partial charge on any atom is 0.248 e. The third kappa shape index (κ3) is 5.17. The van der Waals surface area contributed by atoms with Gasteiger partial charge in [0.1, 0.15) is 5.75 Å². The minimum absolute atomic E-state index is 0.0487. The summed E-state index contributed by atoms with van der Waals surface area (Å²) in [7, 11) is 5.62. The first kappa shape index (κ1) is 20.0. The minimum Gasteiger partial charge on any atom is -0.497 e. The minimum atomic E-state index is -0.0509. The molecule has 0 saturated carbocycles. The number of hydrogen-bond donors (Lipinski definition) is 1. The Morgan fingerprint density at radius 1 is 1.32 bits per heavy atom. The molecular weight excluding hydrogens is 376 g/mol. The van der Waals surface area contributed by atoms with Crippen molar-refractivity contribution in [2.45, 2.75) is 18.9 Å². The van der Waals surface area contributed by atoms with Crippen LogP contribution in [0.1, 0.15) is 23.9 Å². The smallest absolute Gasteiger partial charge is 0.248 e. The van der Waals surface area contributed by atoms with E-state index in [1.54, 1.807) is 18.4 Å². The van der Waals surface area contributed by atoms with Crippen LogP contribution in [0.2, 0.25) is 0 Å². The Kier molecular flexibility index (Phi) is 6.78. The van der Waals surface area contributed by atoms with E-state index < -0.39 is 0 Å². The third-order valence-electron chi connectivity index (χ3n) is 4.40. The molecule has 1 amide bonds. The first-order chi connectivity index (χ1) is 13.6. The van der Waals surface area contributed by atoms with Gasteiger partial charge in [0.15, 0.2) is 0 Å². The second kappa shape index (κ2) is 9.48. The molecule has 7 nitrogen and oxygen atoms in total. The number of ether oxygens (including phenoxy) is 1. The highest BCUT2D eigenvalue weighted by atomic mass is 32.1. The van der Waals surface area contributed by atoms with Crippen molar-refractivity contribution in [3.63, 3.8) is 0 Å². The lowest BCUT2D eigenvalue weighted by molar-refractivity contribution is -0.121. The number of rotatable bonds is 9. The average Bonchev–Trinajstić information content (AvgIpc) is 3.38. The molecule has 0 aliphatic rings. The number of amides is 1. The number of benzene rings is 1. The highest BCUT2D eigenvalue weighted by Crippen LogP contribution is 2.22. The van der Waals surface area contributed by atoms with Gasteiger partial charge in [0.2, 0.25) is 17.7 Å². The Labute approximate surface area is 168 Å². The van der Waals surface area contributed by atoms with Crippen LogP contribution >= 0.6 is 11.3 Å². The van der Waals surface area contributed by atoms with Crippen molar-refractivity contribution in [2.24, 2.45) is 0 Å². The number of aryl methyl sites for hydroxylation is 1. The summed E-state index contributed by atoms with van der Waals surface area (Å²) in [5.41, 5.74) is 1.99. The Morgan fingerprint density at radius 2 is 2.18 bits per heavy atom.